The lowest BCUT2D eigenvalue weighted by Gasteiger charge is -2.46. The van der Waals surface area contributed by atoms with E-state index in [1.54, 1.807) is 42.5 Å². The van der Waals surface area contributed by atoms with Crippen molar-refractivity contribution in [3.05, 3.63) is 78.1 Å². The summed E-state index contributed by atoms with van der Waals surface area (Å²) in [6.07, 6.45) is 3.11. The monoisotopic (exact) mass is 419 g/mol. The van der Waals surface area contributed by atoms with Crippen molar-refractivity contribution < 1.29 is 28.3 Å². The Morgan fingerprint density at radius 1 is 1.00 bits per heavy atom. The number of benzene rings is 1. The van der Waals surface area contributed by atoms with Crippen molar-refractivity contribution in [1.82, 2.24) is 0 Å². The second-order valence-corrected chi connectivity index (χ2v) is 8.38. The van der Waals surface area contributed by atoms with Crippen LogP contribution in [0.15, 0.2) is 69.9 Å². The minimum Gasteiger partial charge on any atom is -0.466 e. The molecule has 1 aromatic carbocycles. The smallest absolute Gasteiger partial charge is 0.225 e. The maximum atomic E-state index is 13.7. The molecule has 7 nitrogen and oxygen atoms in total. The normalized spacial score (nSPS) is 28.1. The number of rotatable bonds is 3. The molecule has 3 atom stereocenters. The molecule has 0 saturated heterocycles. The number of carbonyl (C=O) groups is 3. The summed E-state index contributed by atoms with van der Waals surface area (Å²) in [4.78, 5) is 39.8. The van der Waals surface area contributed by atoms with Crippen LogP contribution in [0.5, 0.6) is 0 Å². The van der Waals surface area contributed by atoms with E-state index in [1.165, 1.54) is 18.6 Å². The fourth-order valence-corrected chi connectivity index (χ4v) is 5.01. The molecule has 2 aromatic heterocycles. The summed E-state index contributed by atoms with van der Waals surface area (Å²) in [6.45, 7) is 0. The Bertz CT molecular complexity index is 1150. The highest BCUT2D eigenvalue weighted by Crippen LogP contribution is 2.54. The fraction of sp³-hybridized carbons (Fsp3) is 0.292. The third-order valence-electron chi connectivity index (χ3n) is 6.61. The first-order chi connectivity index (χ1) is 14.9. The molecular weight excluding hydrogens is 398 g/mol. The van der Waals surface area contributed by atoms with Gasteiger partial charge in [-0.15, -0.1) is 0 Å². The van der Waals surface area contributed by atoms with Crippen LogP contribution in [0.2, 0.25) is 0 Å². The van der Waals surface area contributed by atoms with Gasteiger partial charge in [-0.05, 0) is 55.7 Å². The molecule has 3 aromatic rings. The number of hydrogen-bond donors (Lipinski definition) is 2. The van der Waals surface area contributed by atoms with Gasteiger partial charge in [0.25, 0.3) is 0 Å². The first kappa shape index (κ1) is 19.5. The van der Waals surface area contributed by atoms with Crippen LogP contribution < -0.4 is 5.32 Å². The number of amides is 1. The van der Waals surface area contributed by atoms with Crippen molar-refractivity contribution in [2.75, 3.05) is 5.32 Å². The SMILES string of the molecule is O=C1C[C@@]2(CC[C@](O)(c3ccco3)[C@@H](C(=O)c3ccco3)C2)C(=O)c2ccccc2N1. The molecule has 7 heteroatoms. The highest BCUT2D eigenvalue weighted by Gasteiger charge is 2.57. The molecule has 1 aliphatic carbocycles. The maximum absolute atomic E-state index is 13.7. The number of ketones is 2. The number of fused-ring (bicyclic) bond motifs is 1. The number of hydrogen-bond acceptors (Lipinski definition) is 6. The van der Waals surface area contributed by atoms with Crippen molar-refractivity contribution in [3.8, 4) is 0 Å². The largest absolute Gasteiger partial charge is 0.466 e. The minimum absolute atomic E-state index is 0.00429. The standard InChI is InChI=1S/C24H21NO6/c26-20-14-23(22(28)15-5-1-2-6-17(15)25-20)9-10-24(29,19-8-4-12-31-19)16(13-23)21(27)18-7-3-11-30-18/h1-8,11-12,16,29H,9-10,13-14H2,(H,25,26)/t16-,23+,24-/m1/s1. The van der Waals surface area contributed by atoms with Gasteiger partial charge in [-0.2, -0.15) is 0 Å². The number of para-hydroxylation sites is 1. The van der Waals surface area contributed by atoms with Gasteiger partial charge in [-0.3, -0.25) is 14.4 Å². The highest BCUT2D eigenvalue weighted by molar-refractivity contribution is 6.12. The summed E-state index contributed by atoms with van der Waals surface area (Å²) in [5, 5.41) is 14.4. The average molecular weight is 419 g/mol. The Morgan fingerprint density at radius 2 is 1.77 bits per heavy atom. The van der Waals surface area contributed by atoms with Crippen LogP contribution in [0, 0.1) is 11.3 Å². The van der Waals surface area contributed by atoms with Crippen LogP contribution in [-0.2, 0) is 10.4 Å². The molecule has 31 heavy (non-hydrogen) atoms. The van der Waals surface area contributed by atoms with Gasteiger partial charge in [-0.25, -0.2) is 0 Å². The number of carbonyl (C=O) groups excluding carboxylic acids is 3. The van der Waals surface area contributed by atoms with Crippen LogP contribution in [0.1, 0.15) is 52.4 Å². The van der Waals surface area contributed by atoms with Crippen LogP contribution in [-0.4, -0.2) is 22.6 Å². The highest BCUT2D eigenvalue weighted by atomic mass is 16.4. The summed E-state index contributed by atoms with van der Waals surface area (Å²) in [6, 6.07) is 13.3. The first-order valence-corrected chi connectivity index (χ1v) is 10.2. The molecule has 2 aliphatic rings. The first-order valence-electron chi connectivity index (χ1n) is 10.2. The Labute approximate surface area is 178 Å². The summed E-state index contributed by atoms with van der Waals surface area (Å²) in [5.41, 5.74) is -1.83. The molecular formula is C24H21NO6. The molecule has 1 spiro atoms. The van der Waals surface area contributed by atoms with E-state index in [1.807, 2.05) is 0 Å². The van der Waals surface area contributed by atoms with E-state index in [9.17, 15) is 19.5 Å². The molecule has 2 N–H and O–H groups in total. The van der Waals surface area contributed by atoms with E-state index in [-0.39, 0.29) is 48.9 Å². The molecule has 1 aliphatic heterocycles. The number of aliphatic hydroxyl groups is 1. The molecule has 0 bridgehead atoms. The van der Waals surface area contributed by atoms with E-state index in [4.69, 9.17) is 8.83 Å². The second-order valence-electron chi connectivity index (χ2n) is 8.38. The zero-order chi connectivity index (χ0) is 21.6. The molecule has 1 fully saturated rings. The van der Waals surface area contributed by atoms with E-state index >= 15 is 0 Å². The lowest BCUT2D eigenvalue weighted by atomic mass is 9.58. The van der Waals surface area contributed by atoms with Gasteiger partial charge in [0.1, 0.15) is 11.4 Å². The number of anilines is 1. The summed E-state index contributed by atoms with van der Waals surface area (Å²) >= 11 is 0. The Kier molecular flexibility index (Phi) is 4.44. The summed E-state index contributed by atoms with van der Waals surface area (Å²) < 4.78 is 10.8. The number of nitrogens with one attached hydrogen (secondary N) is 1. The minimum atomic E-state index is -1.61. The quantitative estimate of drug-likeness (QED) is 0.622. The predicted octanol–water partition coefficient (Wildman–Crippen LogP) is 3.95. The lowest BCUT2D eigenvalue weighted by molar-refractivity contribution is -0.121. The zero-order valence-corrected chi connectivity index (χ0v) is 16.7. The Hall–Kier alpha value is -3.45. The Balaban J connectivity index is 1.61. The maximum Gasteiger partial charge on any atom is 0.225 e. The lowest BCUT2D eigenvalue weighted by Crippen LogP contribution is -2.51. The van der Waals surface area contributed by atoms with Gasteiger partial charge in [-0.1, -0.05) is 12.1 Å². The number of furan rings is 2. The molecule has 0 unspecified atom stereocenters. The van der Waals surface area contributed by atoms with Gasteiger partial charge in [0, 0.05) is 17.4 Å². The van der Waals surface area contributed by atoms with Gasteiger partial charge in [0.2, 0.25) is 11.7 Å². The van der Waals surface area contributed by atoms with E-state index in [0.29, 0.717) is 11.3 Å². The van der Waals surface area contributed by atoms with Crippen LogP contribution >= 0.6 is 0 Å². The average Bonchev–Trinajstić information content (AvgIpc) is 3.48. The molecule has 3 heterocycles. The third-order valence-corrected chi connectivity index (χ3v) is 6.61. The van der Waals surface area contributed by atoms with Crippen molar-refractivity contribution in [2.24, 2.45) is 11.3 Å². The summed E-state index contributed by atoms with van der Waals surface area (Å²) in [7, 11) is 0. The van der Waals surface area contributed by atoms with E-state index in [2.05, 4.69) is 5.32 Å². The van der Waals surface area contributed by atoms with Crippen LogP contribution in [0.3, 0.4) is 0 Å². The van der Waals surface area contributed by atoms with Crippen molar-refractivity contribution in [2.45, 2.75) is 31.3 Å². The van der Waals surface area contributed by atoms with Gasteiger partial charge in [0.15, 0.2) is 11.5 Å². The fourth-order valence-electron chi connectivity index (χ4n) is 5.01. The van der Waals surface area contributed by atoms with Crippen LogP contribution in [0.4, 0.5) is 5.69 Å². The molecule has 1 saturated carbocycles. The molecule has 1 amide bonds. The van der Waals surface area contributed by atoms with Crippen molar-refractivity contribution in [3.63, 3.8) is 0 Å². The zero-order valence-electron chi connectivity index (χ0n) is 16.7. The van der Waals surface area contributed by atoms with Gasteiger partial charge in [0.05, 0.1) is 24.1 Å². The Morgan fingerprint density at radius 3 is 2.52 bits per heavy atom. The third kappa shape index (κ3) is 3.04. The van der Waals surface area contributed by atoms with Gasteiger partial charge >= 0.3 is 0 Å². The second kappa shape index (κ2) is 7.06. The van der Waals surface area contributed by atoms with E-state index < -0.39 is 22.7 Å². The molecule has 0 radical (unpaired) electrons. The topological polar surface area (TPSA) is 110 Å². The van der Waals surface area contributed by atoms with Crippen molar-refractivity contribution in [1.29, 1.82) is 0 Å². The predicted molar refractivity (Wildman–Crippen MR) is 109 cm³/mol. The molecule has 158 valence electrons. The van der Waals surface area contributed by atoms with Crippen LogP contribution in [0.25, 0.3) is 0 Å². The van der Waals surface area contributed by atoms with Crippen molar-refractivity contribution >= 4 is 23.2 Å². The number of Topliss-reactive ketones (excluding diaryl/α,β-unsaturated/α-hetero) is 2. The summed E-state index contributed by atoms with van der Waals surface area (Å²) in [5.74, 6) is -1.56. The molecule has 5 rings (SSSR count). The van der Waals surface area contributed by atoms with Gasteiger partial charge < -0.3 is 19.3 Å². The van der Waals surface area contributed by atoms with E-state index in [0.717, 1.165) is 0 Å².